The number of halogens is 2. The number of benzene rings is 2. The molecular formula is C17H12BrFN2O3. The lowest BCUT2D eigenvalue weighted by molar-refractivity contribution is 0.0433. The van der Waals surface area contributed by atoms with E-state index in [2.05, 4.69) is 26.1 Å². The number of carbonyl (C=O) groups is 1. The van der Waals surface area contributed by atoms with E-state index < -0.39 is 11.8 Å². The van der Waals surface area contributed by atoms with Gasteiger partial charge < -0.3 is 9.15 Å². The number of hydrogen-bond donors (Lipinski definition) is 0. The molecule has 0 saturated carbocycles. The van der Waals surface area contributed by atoms with Crippen LogP contribution in [-0.2, 0) is 11.3 Å². The van der Waals surface area contributed by atoms with E-state index in [1.807, 2.05) is 31.2 Å². The molecule has 0 bridgehead atoms. The molecule has 0 fully saturated rings. The maximum absolute atomic E-state index is 13.6. The Morgan fingerprint density at radius 3 is 2.88 bits per heavy atom. The van der Waals surface area contributed by atoms with E-state index in [1.165, 1.54) is 18.2 Å². The summed E-state index contributed by atoms with van der Waals surface area (Å²) in [5.74, 6) is -0.994. The highest BCUT2D eigenvalue weighted by molar-refractivity contribution is 9.10. The summed E-state index contributed by atoms with van der Waals surface area (Å²) in [6.07, 6.45) is 0. The van der Waals surface area contributed by atoms with E-state index in [9.17, 15) is 9.18 Å². The number of rotatable bonds is 4. The first kappa shape index (κ1) is 16.3. The zero-order chi connectivity index (χ0) is 17.1. The third kappa shape index (κ3) is 3.68. The van der Waals surface area contributed by atoms with Crippen molar-refractivity contribution in [2.75, 3.05) is 0 Å². The van der Waals surface area contributed by atoms with Gasteiger partial charge in [-0.15, -0.1) is 10.2 Å². The SMILES string of the molecule is Cc1cccc(-c2nnc(COC(=O)c3cc(Br)ccc3F)o2)c1. The lowest BCUT2D eigenvalue weighted by Gasteiger charge is -2.03. The van der Waals surface area contributed by atoms with Crippen LogP contribution in [0.4, 0.5) is 4.39 Å². The van der Waals surface area contributed by atoms with E-state index in [1.54, 1.807) is 0 Å². The molecule has 0 aliphatic heterocycles. The molecule has 3 aromatic rings. The highest BCUT2D eigenvalue weighted by Crippen LogP contribution is 2.20. The number of esters is 1. The Bertz CT molecular complexity index is 895. The summed E-state index contributed by atoms with van der Waals surface area (Å²) in [5, 5.41) is 7.75. The van der Waals surface area contributed by atoms with Crippen molar-refractivity contribution in [2.45, 2.75) is 13.5 Å². The number of aromatic nitrogens is 2. The van der Waals surface area contributed by atoms with E-state index in [0.717, 1.165) is 11.1 Å². The van der Waals surface area contributed by atoms with Gasteiger partial charge >= 0.3 is 5.97 Å². The molecule has 0 aliphatic rings. The fourth-order valence-electron chi connectivity index (χ4n) is 2.07. The Morgan fingerprint density at radius 2 is 2.08 bits per heavy atom. The third-order valence-electron chi connectivity index (χ3n) is 3.21. The number of aryl methyl sites for hydroxylation is 1. The summed E-state index contributed by atoms with van der Waals surface area (Å²) in [5.41, 5.74) is 1.67. The zero-order valence-corrected chi connectivity index (χ0v) is 14.2. The molecule has 0 N–H and O–H groups in total. The molecule has 7 heteroatoms. The molecule has 0 radical (unpaired) electrons. The average molecular weight is 391 g/mol. The minimum atomic E-state index is -0.802. The van der Waals surface area contributed by atoms with Crippen LogP contribution in [0.1, 0.15) is 21.8 Å². The second-order valence-electron chi connectivity index (χ2n) is 5.07. The van der Waals surface area contributed by atoms with Crippen LogP contribution in [-0.4, -0.2) is 16.2 Å². The smallest absolute Gasteiger partial charge is 0.341 e. The Morgan fingerprint density at radius 1 is 1.25 bits per heavy atom. The van der Waals surface area contributed by atoms with Gasteiger partial charge in [0.05, 0.1) is 5.56 Å². The number of hydrogen-bond acceptors (Lipinski definition) is 5. The van der Waals surface area contributed by atoms with Crippen LogP contribution in [0.2, 0.25) is 0 Å². The van der Waals surface area contributed by atoms with Crippen LogP contribution in [0.3, 0.4) is 0 Å². The maximum Gasteiger partial charge on any atom is 0.341 e. The summed E-state index contributed by atoms with van der Waals surface area (Å²) in [6, 6.07) is 11.6. The van der Waals surface area contributed by atoms with Gasteiger partial charge in [-0.25, -0.2) is 9.18 Å². The molecule has 0 spiro atoms. The van der Waals surface area contributed by atoms with E-state index >= 15 is 0 Å². The van der Waals surface area contributed by atoms with Gasteiger partial charge in [0.25, 0.3) is 5.89 Å². The van der Waals surface area contributed by atoms with E-state index in [4.69, 9.17) is 9.15 Å². The van der Waals surface area contributed by atoms with Crippen LogP contribution in [0.15, 0.2) is 51.4 Å². The summed E-state index contributed by atoms with van der Waals surface area (Å²) in [6.45, 7) is 1.72. The van der Waals surface area contributed by atoms with Gasteiger partial charge in [0, 0.05) is 10.0 Å². The molecule has 0 aliphatic carbocycles. The van der Waals surface area contributed by atoms with Crippen LogP contribution in [0.25, 0.3) is 11.5 Å². The lowest BCUT2D eigenvalue weighted by Crippen LogP contribution is -2.07. The van der Waals surface area contributed by atoms with Gasteiger partial charge in [-0.1, -0.05) is 33.6 Å². The topological polar surface area (TPSA) is 65.2 Å². The highest BCUT2D eigenvalue weighted by Gasteiger charge is 2.16. The first-order valence-electron chi connectivity index (χ1n) is 7.04. The minimum absolute atomic E-state index is 0.135. The molecule has 1 heterocycles. The van der Waals surface area contributed by atoms with Gasteiger partial charge in [-0.3, -0.25) is 0 Å². The fraction of sp³-hybridized carbons (Fsp3) is 0.118. The van der Waals surface area contributed by atoms with Crippen molar-refractivity contribution in [2.24, 2.45) is 0 Å². The second-order valence-corrected chi connectivity index (χ2v) is 5.99. The van der Waals surface area contributed by atoms with Gasteiger partial charge in [0.2, 0.25) is 5.89 Å². The molecular weight excluding hydrogens is 379 g/mol. The quantitative estimate of drug-likeness (QED) is 0.621. The van der Waals surface area contributed by atoms with Crippen molar-refractivity contribution in [1.82, 2.24) is 10.2 Å². The molecule has 122 valence electrons. The Kier molecular flexibility index (Phi) is 4.71. The van der Waals surface area contributed by atoms with Crippen LogP contribution in [0, 0.1) is 12.7 Å². The van der Waals surface area contributed by atoms with Crippen molar-refractivity contribution >= 4 is 21.9 Å². The normalized spacial score (nSPS) is 10.6. The number of ether oxygens (including phenoxy) is 1. The monoisotopic (exact) mass is 390 g/mol. The first-order valence-corrected chi connectivity index (χ1v) is 7.84. The van der Waals surface area contributed by atoms with Gasteiger partial charge in [0.15, 0.2) is 6.61 Å². The first-order chi connectivity index (χ1) is 11.5. The third-order valence-corrected chi connectivity index (χ3v) is 3.70. The van der Waals surface area contributed by atoms with E-state index in [0.29, 0.717) is 10.4 Å². The molecule has 2 aromatic carbocycles. The summed E-state index contributed by atoms with van der Waals surface area (Å²) >= 11 is 3.18. The zero-order valence-electron chi connectivity index (χ0n) is 12.6. The van der Waals surface area contributed by atoms with Crippen molar-refractivity contribution < 1.29 is 18.3 Å². The summed E-state index contributed by atoms with van der Waals surface area (Å²) in [4.78, 5) is 11.9. The standard InChI is InChI=1S/C17H12BrFN2O3/c1-10-3-2-4-11(7-10)16-21-20-15(24-16)9-23-17(22)13-8-12(18)5-6-14(13)19/h2-8H,9H2,1H3. The predicted octanol–water partition coefficient (Wildman–Crippen LogP) is 4.30. The highest BCUT2D eigenvalue weighted by atomic mass is 79.9. The Balaban J connectivity index is 1.69. The van der Waals surface area contributed by atoms with E-state index in [-0.39, 0.29) is 18.1 Å². The van der Waals surface area contributed by atoms with Gasteiger partial charge in [-0.05, 0) is 37.3 Å². The number of nitrogens with zero attached hydrogens (tertiary/aromatic N) is 2. The molecule has 3 rings (SSSR count). The molecule has 0 atom stereocenters. The average Bonchev–Trinajstić information content (AvgIpc) is 3.04. The van der Waals surface area contributed by atoms with Crippen LogP contribution in [0.5, 0.6) is 0 Å². The molecule has 1 aromatic heterocycles. The summed E-state index contributed by atoms with van der Waals surface area (Å²) in [7, 11) is 0. The maximum atomic E-state index is 13.6. The van der Waals surface area contributed by atoms with Crippen LogP contribution >= 0.6 is 15.9 Å². The number of carbonyl (C=O) groups excluding carboxylic acids is 1. The second kappa shape index (κ2) is 6.92. The van der Waals surface area contributed by atoms with Crippen molar-refractivity contribution in [3.8, 4) is 11.5 Å². The van der Waals surface area contributed by atoms with Gasteiger partial charge in [0.1, 0.15) is 5.82 Å². The minimum Gasteiger partial charge on any atom is -0.452 e. The van der Waals surface area contributed by atoms with Crippen molar-refractivity contribution in [3.63, 3.8) is 0 Å². The lowest BCUT2D eigenvalue weighted by atomic mass is 10.1. The molecule has 0 amide bonds. The fourth-order valence-corrected chi connectivity index (χ4v) is 2.43. The molecule has 0 saturated heterocycles. The Labute approximate surface area is 145 Å². The molecule has 5 nitrogen and oxygen atoms in total. The predicted molar refractivity (Wildman–Crippen MR) is 87.7 cm³/mol. The largest absolute Gasteiger partial charge is 0.452 e. The molecule has 0 unspecified atom stereocenters. The van der Waals surface area contributed by atoms with Crippen molar-refractivity contribution in [3.05, 3.63) is 69.8 Å². The van der Waals surface area contributed by atoms with Gasteiger partial charge in [-0.2, -0.15) is 0 Å². The van der Waals surface area contributed by atoms with Crippen molar-refractivity contribution in [1.29, 1.82) is 0 Å². The summed E-state index contributed by atoms with van der Waals surface area (Å²) < 4.78 is 24.7. The van der Waals surface area contributed by atoms with Crippen LogP contribution < -0.4 is 0 Å². The Hall–Kier alpha value is -2.54. The molecule has 24 heavy (non-hydrogen) atoms.